The van der Waals surface area contributed by atoms with Crippen molar-refractivity contribution in [2.75, 3.05) is 33.8 Å². The Balaban J connectivity index is 1.63. The number of urea groups is 1. The summed E-state index contributed by atoms with van der Waals surface area (Å²) in [5.74, 6) is 2.28. The number of hydrogen-bond acceptors (Lipinski definition) is 7. The van der Waals surface area contributed by atoms with Crippen molar-refractivity contribution in [3.8, 4) is 16.9 Å². The van der Waals surface area contributed by atoms with E-state index < -0.39 is 5.54 Å². The van der Waals surface area contributed by atoms with Crippen molar-refractivity contribution in [2.45, 2.75) is 31.8 Å². The molecular weight excluding hydrogens is 458 g/mol. The van der Waals surface area contributed by atoms with Gasteiger partial charge in [-0.2, -0.15) is 0 Å². The standard InChI is InChI=1S/C26H29N7O3/c1-15-21(16(2)36-31-15)17-8-9-19-22-23(17)35-13-20(18-7-5-6-11-28-18)33(22)24(29-19)26(10-12-27-14-26)30-25(34)32(3)4/h5-9,11,20,27H,10,12-14H2,1-4H3,(H,30,34)/t20-,26-/m1/s1. The summed E-state index contributed by atoms with van der Waals surface area (Å²) in [5, 5.41) is 10.9. The summed E-state index contributed by atoms with van der Waals surface area (Å²) in [4.78, 5) is 24.3. The van der Waals surface area contributed by atoms with E-state index in [1.807, 2.05) is 44.2 Å². The third-order valence-electron chi connectivity index (χ3n) is 7.17. The second-order valence-electron chi connectivity index (χ2n) is 9.73. The van der Waals surface area contributed by atoms with Crippen molar-refractivity contribution in [1.29, 1.82) is 0 Å². The third kappa shape index (κ3) is 3.35. The van der Waals surface area contributed by atoms with Crippen LogP contribution in [0.2, 0.25) is 0 Å². The minimum Gasteiger partial charge on any atom is -0.488 e. The fourth-order valence-electron chi connectivity index (χ4n) is 5.40. The van der Waals surface area contributed by atoms with Crippen molar-refractivity contribution in [1.82, 2.24) is 35.2 Å². The van der Waals surface area contributed by atoms with Crippen LogP contribution < -0.4 is 15.4 Å². The van der Waals surface area contributed by atoms with Crippen LogP contribution in [0.4, 0.5) is 4.79 Å². The minimum absolute atomic E-state index is 0.156. The Morgan fingerprint density at radius 3 is 2.78 bits per heavy atom. The molecule has 2 N–H and O–H groups in total. The molecule has 186 valence electrons. The van der Waals surface area contributed by atoms with E-state index in [4.69, 9.17) is 14.2 Å². The van der Waals surface area contributed by atoms with Crippen molar-refractivity contribution in [2.24, 2.45) is 0 Å². The SMILES string of the molecule is Cc1noc(C)c1-c1ccc2nc([C@@]3(NC(=O)N(C)C)CCNC3)n3c2c1OC[C@@H]3c1ccccn1. The number of aromatic nitrogens is 4. The molecule has 0 spiro atoms. The fraction of sp³-hybridized carbons (Fsp3) is 0.385. The highest BCUT2D eigenvalue weighted by Crippen LogP contribution is 2.46. The molecule has 6 rings (SSSR count). The average molecular weight is 488 g/mol. The Kier molecular flexibility index (Phi) is 5.22. The van der Waals surface area contributed by atoms with Gasteiger partial charge >= 0.3 is 6.03 Å². The van der Waals surface area contributed by atoms with Crippen LogP contribution >= 0.6 is 0 Å². The quantitative estimate of drug-likeness (QED) is 0.455. The second kappa shape index (κ2) is 8.34. The second-order valence-corrected chi connectivity index (χ2v) is 9.73. The summed E-state index contributed by atoms with van der Waals surface area (Å²) in [6.45, 7) is 5.58. The number of hydrogen-bond donors (Lipinski definition) is 2. The van der Waals surface area contributed by atoms with Gasteiger partial charge in [0.15, 0.2) is 5.75 Å². The molecule has 0 aliphatic carbocycles. The van der Waals surface area contributed by atoms with Crippen LogP contribution in [0.3, 0.4) is 0 Å². The molecule has 0 radical (unpaired) electrons. The van der Waals surface area contributed by atoms with Crippen molar-refractivity contribution >= 4 is 17.1 Å². The van der Waals surface area contributed by atoms with Crippen LogP contribution in [0.5, 0.6) is 5.75 Å². The maximum Gasteiger partial charge on any atom is 0.317 e. The number of rotatable bonds is 4. The number of ether oxygens (including phenoxy) is 1. The zero-order valence-electron chi connectivity index (χ0n) is 20.8. The molecule has 0 bridgehead atoms. The zero-order chi connectivity index (χ0) is 25.0. The van der Waals surface area contributed by atoms with Gasteiger partial charge in [0.05, 0.1) is 22.5 Å². The Morgan fingerprint density at radius 2 is 2.11 bits per heavy atom. The summed E-state index contributed by atoms with van der Waals surface area (Å²) in [7, 11) is 3.49. The summed E-state index contributed by atoms with van der Waals surface area (Å²) in [5.41, 5.74) is 4.55. The number of amides is 2. The first-order valence-electron chi connectivity index (χ1n) is 12.1. The Bertz CT molecular complexity index is 1430. The van der Waals surface area contributed by atoms with Gasteiger partial charge in [-0.3, -0.25) is 4.98 Å². The lowest BCUT2D eigenvalue weighted by molar-refractivity contribution is 0.197. The predicted octanol–water partition coefficient (Wildman–Crippen LogP) is 3.14. The molecule has 0 unspecified atom stereocenters. The van der Waals surface area contributed by atoms with E-state index in [2.05, 4.69) is 25.3 Å². The molecule has 2 amide bonds. The van der Waals surface area contributed by atoms with Gasteiger partial charge in [-0.1, -0.05) is 11.2 Å². The molecule has 5 heterocycles. The van der Waals surface area contributed by atoms with E-state index in [1.54, 1.807) is 25.2 Å². The highest BCUT2D eigenvalue weighted by molar-refractivity contribution is 5.93. The summed E-state index contributed by atoms with van der Waals surface area (Å²) in [6.07, 6.45) is 2.51. The number of pyridine rings is 1. The highest BCUT2D eigenvalue weighted by Gasteiger charge is 2.45. The number of imidazole rings is 1. The molecule has 1 fully saturated rings. The smallest absolute Gasteiger partial charge is 0.317 e. The number of benzene rings is 1. The Labute approximate surface area is 208 Å². The molecule has 2 aliphatic heterocycles. The topological polar surface area (TPSA) is 110 Å². The van der Waals surface area contributed by atoms with E-state index in [-0.39, 0.29) is 12.1 Å². The number of carbonyl (C=O) groups is 1. The Hall–Kier alpha value is -3.92. The van der Waals surface area contributed by atoms with E-state index in [0.29, 0.717) is 13.2 Å². The van der Waals surface area contributed by atoms with Gasteiger partial charge < -0.3 is 29.4 Å². The molecular formula is C26H29N7O3. The van der Waals surface area contributed by atoms with Gasteiger partial charge in [0, 0.05) is 32.4 Å². The lowest BCUT2D eigenvalue weighted by Crippen LogP contribution is -2.52. The highest BCUT2D eigenvalue weighted by atomic mass is 16.5. The monoisotopic (exact) mass is 487 g/mol. The van der Waals surface area contributed by atoms with Crippen LogP contribution in [0.15, 0.2) is 41.1 Å². The first-order chi connectivity index (χ1) is 17.4. The summed E-state index contributed by atoms with van der Waals surface area (Å²) < 4.78 is 14.2. The number of nitrogens with zero attached hydrogens (tertiary/aromatic N) is 5. The molecule has 1 saturated heterocycles. The van der Waals surface area contributed by atoms with Crippen LogP contribution in [-0.4, -0.2) is 64.4 Å². The lowest BCUT2D eigenvalue weighted by Gasteiger charge is -2.35. The van der Waals surface area contributed by atoms with Crippen molar-refractivity contribution in [3.63, 3.8) is 0 Å². The van der Waals surface area contributed by atoms with Crippen molar-refractivity contribution < 1.29 is 14.1 Å². The minimum atomic E-state index is -0.675. The number of aryl methyl sites for hydroxylation is 2. The molecule has 2 aliphatic rings. The first-order valence-corrected chi connectivity index (χ1v) is 12.1. The molecule has 36 heavy (non-hydrogen) atoms. The maximum atomic E-state index is 12.9. The lowest BCUT2D eigenvalue weighted by atomic mass is 9.96. The molecule has 10 heteroatoms. The Morgan fingerprint density at radius 1 is 1.25 bits per heavy atom. The first kappa shape index (κ1) is 22.5. The molecule has 3 aromatic heterocycles. The van der Waals surface area contributed by atoms with E-state index >= 15 is 0 Å². The van der Waals surface area contributed by atoms with E-state index in [1.165, 1.54) is 0 Å². The van der Waals surface area contributed by atoms with Gasteiger partial charge in [0.1, 0.15) is 35.3 Å². The van der Waals surface area contributed by atoms with Crippen LogP contribution in [0.1, 0.15) is 35.4 Å². The maximum absolute atomic E-state index is 12.9. The fourth-order valence-corrected chi connectivity index (χ4v) is 5.40. The number of carbonyl (C=O) groups excluding carboxylic acids is 1. The number of nitrogens with one attached hydrogen (secondary N) is 2. The molecule has 4 aromatic rings. The van der Waals surface area contributed by atoms with Gasteiger partial charge in [-0.25, -0.2) is 9.78 Å². The zero-order valence-corrected chi connectivity index (χ0v) is 20.8. The van der Waals surface area contributed by atoms with E-state index in [0.717, 1.165) is 63.8 Å². The predicted molar refractivity (Wildman–Crippen MR) is 134 cm³/mol. The van der Waals surface area contributed by atoms with E-state index in [9.17, 15) is 4.79 Å². The molecule has 10 nitrogen and oxygen atoms in total. The average Bonchev–Trinajstić information content (AvgIpc) is 3.59. The molecule has 2 atom stereocenters. The third-order valence-corrected chi connectivity index (χ3v) is 7.17. The van der Waals surface area contributed by atoms with Gasteiger partial charge in [0.25, 0.3) is 0 Å². The van der Waals surface area contributed by atoms with Crippen LogP contribution in [-0.2, 0) is 5.54 Å². The van der Waals surface area contributed by atoms with Crippen LogP contribution in [0.25, 0.3) is 22.2 Å². The summed E-state index contributed by atoms with van der Waals surface area (Å²) in [6, 6.07) is 9.56. The summed E-state index contributed by atoms with van der Waals surface area (Å²) >= 11 is 0. The normalized spacial score (nSPS) is 20.9. The van der Waals surface area contributed by atoms with Gasteiger partial charge in [0.2, 0.25) is 0 Å². The van der Waals surface area contributed by atoms with Crippen molar-refractivity contribution in [3.05, 3.63) is 59.5 Å². The largest absolute Gasteiger partial charge is 0.488 e. The molecule has 0 saturated carbocycles. The van der Waals surface area contributed by atoms with Gasteiger partial charge in [-0.15, -0.1) is 0 Å². The molecule has 1 aromatic carbocycles. The van der Waals surface area contributed by atoms with Gasteiger partial charge in [-0.05, 0) is 51.1 Å². The van der Waals surface area contributed by atoms with Crippen LogP contribution in [0, 0.1) is 13.8 Å².